The van der Waals surface area contributed by atoms with Crippen molar-refractivity contribution in [2.75, 3.05) is 20.8 Å². The van der Waals surface area contributed by atoms with E-state index in [1.165, 1.54) is 0 Å². The molecule has 0 aliphatic heterocycles. The van der Waals surface area contributed by atoms with Crippen LogP contribution in [0.15, 0.2) is 0 Å². The van der Waals surface area contributed by atoms with Gasteiger partial charge in [-0.25, -0.2) is 0 Å². The predicted molar refractivity (Wildman–Crippen MR) is 40.9 cm³/mol. The highest BCUT2D eigenvalue weighted by Crippen LogP contribution is 1.88. The fourth-order valence-electron chi connectivity index (χ4n) is 0.595. The number of hydrogen-bond donors (Lipinski definition) is 1. The lowest BCUT2D eigenvalue weighted by Gasteiger charge is -2.15. The van der Waals surface area contributed by atoms with Crippen molar-refractivity contribution in [2.24, 2.45) is 0 Å². The third-order valence-corrected chi connectivity index (χ3v) is 1.22. The second kappa shape index (κ2) is 5.65. The molecule has 0 fully saturated rings. The van der Waals surface area contributed by atoms with E-state index in [2.05, 4.69) is 19.2 Å². The molecule has 0 aromatic rings. The van der Waals surface area contributed by atoms with Crippen LogP contribution < -0.4 is 5.32 Å². The number of ether oxygens (including phenoxy) is 2. The molecular formula is C7H17NO2. The van der Waals surface area contributed by atoms with Gasteiger partial charge in [0.2, 0.25) is 0 Å². The van der Waals surface area contributed by atoms with Gasteiger partial charge in [-0.15, -0.1) is 0 Å². The molecule has 3 nitrogen and oxygen atoms in total. The van der Waals surface area contributed by atoms with Crippen LogP contribution in [0.1, 0.15) is 13.8 Å². The highest BCUT2D eigenvalue weighted by molar-refractivity contribution is 4.54. The number of rotatable bonds is 5. The van der Waals surface area contributed by atoms with Crippen LogP contribution in [0.25, 0.3) is 0 Å². The third-order valence-electron chi connectivity index (χ3n) is 1.22. The fraction of sp³-hybridized carbons (Fsp3) is 1.00. The molecule has 0 aromatic heterocycles. The quantitative estimate of drug-likeness (QED) is 0.578. The van der Waals surface area contributed by atoms with Crippen LogP contribution in [0, 0.1) is 0 Å². The molecule has 62 valence electrons. The van der Waals surface area contributed by atoms with Crippen LogP contribution in [0.5, 0.6) is 0 Å². The maximum absolute atomic E-state index is 4.97. The van der Waals surface area contributed by atoms with Crippen LogP contribution in [0.4, 0.5) is 0 Å². The van der Waals surface area contributed by atoms with Crippen LogP contribution in [0.2, 0.25) is 0 Å². The molecule has 0 aliphatic carbocycles. The van der Waals surface area contributed by atoms with Crippen LogP contribution in [0.3, 0.4) is 0 Å². The number of methoxy groups -OCH3 is 2. The number of hydrogen-bond acceptors (Lipinski definition) is 3. The Labute approximate surface area is 62.7 Å². The second-order valence-corrected chi connectivity index (χ2v) is 2.46. The summed E-state index contributed by atoms with van der Waals surface area (Å²) in [5.74, 6) is 0. The van der Waals surface area contributed by atoms with Crippen LogP contribution in [-0.4, -0.2) is 33.1 Å². The Balaban J connectivity index is 3.26. The first-order valence-corrected chi connectivity index (χ1v) is 3.49. The van der Waals surface area contributed by atoms with E-state index in [4.69, 9.17) is 9.47 Å². The smallest absolute Gasteiger partial charge is 0.169 e. The molecule has 0 rings (SSSR count). The average molecular weight is 147 g/mol. The fourth-order valence-corrected chi connectivity index (χ4v) is 0.595. The molecule has 0 aromatic carbocycles. The van der Waals surface area contributed by atoms with Gasteiger partial charge in [-0.05, 0) is 0 Å². The summed E-state index contributed by atoms with van der Waals surface area (Å²) < 4.78 is 9.93. The van der Waals surface area contributed by atoms with Crippen molar-refractivity contribution >= 4 is 0 Å². The largest absolute Gasteiger partial charge is 0.355 e. The molecule has 10 heavy (non-hydrogen) atoms. The first kappa shape index (κ1) is 9.88. The first-order chi connectivity index (χ1) is 4.70. The Morgan fingerprint density at radius 2 is 1.70 bits per heavy atom. The van der Waals surface area contributed by atoms with E-state index >= 15 is 0 Å². The van der Waals surface area contributed by atoms with Gasteiger partial charge in [0, 0.05) is 26.8 Å². The molecule has 0 radical (unpaired) electrons. The summed E-state index contributed by atoms with van der Waals surface area (Å²) in [7, 11) is 3.27. The molecule has 0 bridgehead atoms. The Kier molecular flexibility index (Phi) is 5.58. The Hall–Kier alpha value is -0.120. The van der Waals surface area contributed by atoms with Gasteiger partial charge in [0.05, 0.1) is 0 Å². The summed E-state index contributed by atoms with van der Waals surface area (Å²) in [5, 5.41) is 3.20. The first-order valence-electron chi connectivity index (χ1n) is 3.49. The molecular weight excluding hydrogens is 130 g/mol. The SMILES string of the molecule is COC(CNC(C)C)OC. The minimum absolute atomic E-state index is 0.123. The van der Waals surface area contributed by atoms with Crippen molar-refractivity contribution in [3.05, 3.63) is 0 Å². The zero-order chi connectivity index (χ0) is 7.98. The lowest BCUT2D eigenvalue weighted by atomic mass is 10.4. The van der Waals surface area contributed by atoms with E-state index in [1.54, 1.807) is 14.2 Å². The van der Waals surface area contributed by atoms with Crippen LogP contribution in [-0.2, 0) is 9.47 Å². The predicted octanol–water partition coefficient (Wildman–Crippen LogP) is 0.603. The summed E-state index contributed by atoms with van der Waals surface area (Å²) in [5.41, 5.74) is 0. The molecule has 0 unspecified atom stereocenters. The lowest BCUT2D eigenvalue weighted by molar-refractivity contribution is -0.0995. The summed E-state index contributed by atoms with van der Waals surface area (Å²) in [4.78, 5) is 0. The summed E-state index contributed by atoms with van der Waals surface area (Å²) >= 11 is 0. The molecule has 0 atom stereocenters. The Bertz CT molecular complexity index is 72.0. The maximum Gasteiger partial charge on any atom is 0.169 e. The van der Waals surface area contributed by atoms with E-state index in [1.807, 2.05) is 0 Å². The van der Waals surface area contributed by atoms with Crippen molar-refractivity contribution in [1.29, 1.82) is 0 Å². The Morgan fingerprint density at radius 3 is 2.00 bits per heavy atom. The highest BCUT2D eigenvalue weighted by Gasteiger charge is 2.03. The lowest BCUT2D eigenvalue weighted by Crippen LogP contribution is -2.33. The molecule has 0 spiro atoms. The second-order valence-electron chi connectivity index (χ2n) is 2.46. The molecule has 0 saturated carbocycles. The van der Waals surface area contributed by atoms with E-state index in [-0.39, 0.29) is 6.29 Å². The maximum atomic E-state index is 4.97. The van der Waals surface area contributed by atoms with Gasteiger partial charge in [-0.3, -0.25) is 0 Å². The van der Waals surface area contributed by atoms with Gasteiger partial charge in [0.25, 0.3) is 0 Å². The zero-order valence-corrected chi connectivity index (χ0v) is 7.18. The van der Waals surface area contributed by atoms with Crippen molar-refractivity contribution < 1.29 is 9.47 Å². The molecule has 0 saturated heterocycles. The van der Waals surface area contributed by atoms with Crippen LogP contribution >= 0.6 is 0 Å². The van der Waals surface area contributed by atoms with Crippen molar-refractivity contribution in [2.45, 2.75) is 26.2 Å². The normalized spacial score (nSPS) is 11.4. The van der Waals surface area contributed by atoms with Gasteiger partial charge in [-0.2, -0.15) is 0 Å². The average Bonchev–Trinajstić information content (AvgIpc) is 1.90. The van der Waals surface area contributed by atoms with Crippen molar-refractivity contribution in [1.82, 2.24) is 5.32 Å². The minimum Gasteiger partial charge on any atom is -0.355 e. The van der Waals surface area contributed by atoms with Gasteiger partial charge >= 0.3 is 0 Å². The monoisotopic (exact) mass is 147 g/mol. The molecule has 3 heteroatoms. The Morgan fingerprint density at radius 1 is 1.20 bits per heavy atom. The highest BCUT2D eigenvalue weighted by atomic mass is 16.7. The van der Waals surface area contributed by atoms with Crippen molar-refractivity contribution in [3.63, 3.8) is 0 Å². The third kappa shape index (κ3) is 4.73. The van der Waals surface area contributed by atoms with Crippen molar-refractivity contribution in [3.8, 4) is 0 Å². The minimum atomic E-state index is -0.123. The summed E-state index contributed by atoms with van der Waals surface area (Å²) in [6.45, 7) is 4.91. The summed E-state index contributed by atoms with van der Waals surface area (Å²) in [6.07, 6.45) is -0.123. The van der Waals surface area contributed by atoms with Gasteiger partial charge in [0.1, 0.15) is 0 Å². The van der Waals surface area contributed by atoms with Gasteiger partial charge in [-0.1, -0.05) is 13.8 Å². The standard InChI is InChI=1S/C7H17NO2/c1-6(2)8-5-7(9-3)10-4/h6-8H,5H2,1-4H3. The van der Waals surface area contributed by atoms with E-state index in [9.17, 15) is 0 Å². The zero-order valence-electron chi connectivity index (χ0n) is 7.18. The molecule has 0 aliphatic rings. The number of nitrogens with one attached hydrogen (secondary N) is 1. The van der Waals surface area contributed by atoms with Gasteiger partial charge in [0.15, 0.2) is 6.29 Å². The molecule has 0 heterocycles. The van der Waals surface area contributed by atoms with E-state index in [0.29, 0.717) is 6.04 Å². The molecule has 0 amide bonds. The van der Waals surface area contributed by atoms with E-state index < -0.39 is 0 Å². The topological polar surface area (TPSA) is 30.5 Å². The summed E-state index contributed by atoms with van der Waals surface area (Å²) in [6, 6.07) is 0.479. The van der Waals surface area contributed by atoms with Gasteiger partial charge < -0.3 is 14.8 Å². The molecule has 1 N–H and O–H groups in total. The van der Waals surface area contributed by atoms with E-state index in [0.717, 1.165) is 6.54 Å².